The summed E-state index contributed by atoms with van der Waals surface area (Å²) in [5, 5.41) is 0. The third-order valence-electron chi connectivity index (χ3n) is 3.80. The molecule has 110 valence electrons. The molecule has 0 unspecified atom stereocenters. The third-order valence-corrected chi connectivity index (χ3v) is 3.80. The van der Waals surface area contributed by atoms with Gasteiger partial charge in [-0.3, -0.25) is 0 Å². The molecule has 1 aromatic heterocycles. The van der Waals surface area contributed by atoms with E-state index >= 15 is 0 Å². The Labute approximate surface area is 123 Å². The Balaban J connectivity index is 1.91. The van der Waals surface area contributed by atoms with Crippen LogP contribution in [0.5, 0.6) is 0 Å². The average molecular weight is 286 g/mol. The summed E-state index contributed by atoms with van der Waals surface area (Å²) < 4.78 is 13.0. The molecule has 4 nitrogen and oxygen atoms in total. The molecule has 2 aromatic rings. The molecule has 2 N–H and O–H groups in total. The zero-order valence-corrected chi connectivity index (χ0v) is 12.1. The van der Waals surface area contributed by atoms with Crippen molar-refractivity contribution < 1.29 is 4.39 Å². The van der Waals surface area contributed by atoms with Gasteiger partial charge in [-0.1, -0.05) is 0 Å². The largest absolute Gasteiger partial charge is 0.341 e. The van der Waals surface area contributed by atoms with E-state index in [9.17, 15) is 4.39 Å². The fraction of sp³-hybridized carbons (Fsp3) is 0.375. The van der Waals surface area contributed by atoms with E-state index in [2.05, 4.69) is 14.9 Å². The SMILES string of the molecule is Cc1cc(-c2ccc(F)cc2)nc(N2CCC(N)CC2)n1. The third kappa shape index (κ3) is 3.19. The molecule has 0 atom stereocenters. The number of benzene rings is 1. The molecule has 0 spiro atoms. The van der Waals surface area contributed by atoms with E-state index in [1.807, 2.05) is 13.0 Å². The molecule has 2 heterocycles. The van der Waals surface area contributed by atoms with Gasteiger partial charge in [0.05, 0.1) is 5.69 Å². The summed E-state index contributed by atoms with van der Waals surface area (Å²) in [6.45, 7) is 3.72. The van der Waals surface area contributed by atoms with Gasteiger partial charge in [0.2, 0.25) is 5.95 Å². The molecule has 0 amide bonds. The maximum atomic E-state index is 13.0. The van der Waals surface area contributed by atoms with Crippen LogP contribution in [0.2, 0.25) is 0 Å². The minimum Gasteiger partial charge on any atom is -0.341 e. The van der Waals surface area contributed by atoms with E-state index in [-0.39, 0.29) is 11.9 Å². The number of hydrogen-bond donors (Lipinski definition) is 1. The quantitative estimate of drug-likeness (QED) is 0.921. The van der Waals surface area contributed by atoms with Crippen molar-refractivity contribution in [3.8, 4) is 11.3 Å². The highest BCUT2D eigenvalue weighted by Gasteiger charge is 2.19. The number of hydrogen-bond acceptors (Lipinski definition) is 4. The van der Waals surface area contributed by atoms with Crippen LogP contribution in [0.3, 0.4) is 0 Å². The molecular weight excluding hydrogens is 267 g/mol. The lowest BCUT2D eigenvalue weighted by Crippen LogP contribution is -2.40. The van der Waals surface area contributed by atoms with E-state index in [1.54, 1.807) is 12.1 Å². The molecule has 0 saturated carbocycles. The highest BCUT2D eigenvalue weighted by Crippen LogP contribution is 2.22. The van der Waals surface area contributed by atoms with Gasteiger partial charge >= 0.3 is 0 Å². The van der Waals surface area contributed by atoms with Crippen LogP contribution >= 0.6 is 0 Å². The lowest BCUT2D eigenvalue weighted by Gasteiger charge is -2.30. The number of anilines is 1. The molecular formula is C16H19FN4. The Kier molecular flexibility index (Phi) is 3.84. The highest BCUT2D eigenvalue weighted by molar-refractivity contribution is 5.61. The topological polar surface area (TPSA) is 55.0 Å². The standard InChI is InChI=1S/C16H19FN4/c1-11-10-15(12-2-4-13(17)5-3-12)20-16(19-11)21-8-6-14(18)7-9-21/h2-5,10,14H,6-9,18H2,1H3. The van der Waals surface area contributed by atoms with Crippen LogP contribution in [0.15, 0.2) is 30.3 Å². The van der Waals surface area contributed by atoms with Crippen molar-refractivity contribution in [2.75, 3.05) is 18.0 Å². The van der Waals surface area contributed by atoms with Gasteiger partial charge in [0.1, 0.15) is 5.82 Å². The number of aromatic nitrogens is 2. The highest BCUT2D eigenvalue weighted by atomic mass is 19.1. The molecule has 1 aromatic carbocycles. The van der Waals surface area contributed by atoms with Gasteiger partial charge in [-0.25, -0.2) is 14.4 Å². The maximum Gasteiger partial charge on any atom is 0.226 e. The van der Waals surface area contributed by atoms with Gasteiger partial charge in [0, 0.05) is 30.4 Å². The minimum absolute atomic E-state index is 0.241. The predicted octanol–water partition coefficient (Wildman–Crippen LogP) is 2.52. The maximum absolute atomic E-state index is 13.0. The fourth-order valence-corrected chi connectivity index (χ4v) is 2.56. The van der Waals surface area contributed by atoms with Crippen LogP contribution in [-0.4, -0.2) is 29.1 Å². The fourth-order valence-electron chi connectivity index (χ4n) is 2.56. The first-order valence-electron chi connectivity index (χ1n) is 7.24. The summed E-state index contributed by atoms with van der Waals surface area (Å²) >= 11 is 0. The summed E-state index contributed by atoms with van der Waals surface area (Å²) in [5.74, 6) is 0.496. The second-order valence-corrected chi connectivity index (χ2v) is 5.53. The Hall–Kier alpha value is -2.01. The monoisotopic (exact) mass is 286 g/mol. The molecule has 1 fully saturated rings. The lowest BCUT2D eigenvalue weighted by molar-refractivity contribution is 0.495. The molecule has 1 aliphatic rings. The van der Waals surface area contributed by atoms with Crippen molar-refractivity contribution in [2.24, 2.45) is 5.73 Å². The van der Waals surface area contributed by atoms with Gasteiger partial charge in [-0.15, -0.1) is 0 Å². The van der Waals surface area contributed by atoms with Crippen LogP contribution in [0.1, 0.15) is 18.5 Å². The Bertz CT molecular complexity index is 619. The normalized spacial score (nSPS) is 16.2. The zero-order chi connectivity index (χ0) is 14.8. The van der Waals surface area contributed by atoms with E-state index in [4.69, 9.17) is 5.73 Å². The van der Waals surface area contributed by atoms with E-state index in [1.165, 1.54) is 12.1 Å². The Morgan fingerprint density at radius 2 is 1.81 bits per heavy atom. The van der Waals surface area contributed by atoms with Crippen molar-refractivity contribution in [3.63, 3.8) is 0 Å². The van der Waals surface area contributed by atoms with Crippen LogP contribution in [0.25, 0.3) is 11.3 Å². The number of piperidine rings is 1. The molecule has 0 aliphatic carbocycles. The molecule has 5 heteroatoms. The van der Waals surface area contributed by atoms with Crippen molar-refractivity contribution in [2.45, 2.75) is 25.8 Å². The van der Waals surface area contributed by atoms with E-state index < -0.39 is 0 Å². The van der Waals surface area contributed by atoms with Gasteiger partial charge < -0.3 is 10.6 Å². The summed E-state index contributed by atoms with van der Waals surface area (Å²) in [4.78, 5) is 11.3. The van der Waals surface area contributed by atoms with E-state index in [0.29, 0.717) is 0 Å². The van der Waals surface area contributed by atoms with Crippen LogP contribution in [0, 0.1) is 12.7 Å². The first-order chi connectivity index (χ1) is 10.1. The molecule has 3 rings (SSSR count). The molecule has 21 heavy (non-hydrogen) atoms. The van der Waals surface area contributed by atoms with Gasteiger partial charge in [0.25, 0.3) is 0 Å². The second kappa shape index (κ2) is 5.77. The molecule has 1 saturated heterocycles. The van der Waals surface area contributed by atoms with Crippen molar-refractivity contribution >= 4 is 5.95 Å². The first kappa shape index (κ1) is 13.9. The first-order valence-corrected chi connectivity index (χ1v) is 7.24. The summed E-state index contributed by atoms with van der Waals surface area (Å²) in [7, 11) is 0. The second-order valence-electron chi connectivity index (χ2n) is 5.53. The number of aryl methyl sites for hydroxylation is 1. The zero-order valence-electron chi connectivity index (χ0n) is 12.1. The molecule has 0 bridgehead atoms. The molecule has 1 aliphatic heterocycles. The average Bonchev–Trinajstić information content (AvgIpc) is 2.48. The smallest absolute Gasteiger partial charge is 0.226 e. The Morgan fingerprint density at radius 1 is 1.14 bits per heavy atom. The van der Waals surface area contributed by atoms with Gasteiger partial charge in [-0.05, 0) is 50.1 Å². The number of nitrogens with two attached hydrogens (primary N) is 1. The number of halogens is 1. The van der Waals surface area contributed by atoms with Crippen LogP contribution in [-0.2, 0) is 0 Å². The Morgan fingerprint density at radius 3 is 2.48 bits per heavy atom. The van der Waals surface area contributed by atoms with E-state index in [0.717, 1.165) is 48.8 Å². The van der Waals surface area contributed by atoms with Crippen molar-refractivity contribution in [1.82, 2.24) is 9.97 Å². The van der Waals surface area contributed by atoms with Gasteiger partial charge in [0.15, 0.2) is 0 Å². The van der Waals surface area contributed by atoms with Crippen molar-refractivity contribution in [1.29, 1.82) is 0 Å². The minimum atomic E-state index is -0.241. The number of rotatable bonds is 2. The van der Waals surface area contributed by atoms with Gasteiger partial charge in [-0.2, -0.15) is 0 Å². The van der Waals surface area contributed by atoms with Crippen LogP contribution < -0.4 is 10.6 Å². The summed E-state index contributed by atoms with van der Waals surface area (Å²) in [6, 6.07) is 8.59. The number of nitrogens with zero attached hydrogens (tertiary/aromatic N) is 3. The predicted molar refractivity (Wildman–Crippen MR) is 81.6 cm³/mol. The summed E-state index contributed by atoms with van der Waals surface area (Å²) in [5.41, 5.74) is 8.57. The van der Waals surface area contributed by atoms with Crippen molar-refractivity contribution in [3.05, 3.63) is 41.8 Å². The van der Waals surface area contributed by atoms with Crippen LogP contribution in [0.4, 0.5) is 10.3 Å². The molecule has 0 radical (unpaired) electrons. The lowest BCUT2D eigenvalue weighted by atomic mass is 10.1. The summed E-state index contributed by atoms with van der Waals surface area (Å²) in [6.07, 6.45) is 1.92.